The zero-order valence-corrected chi connectivity index (χ0v) is 8.39. The van der Waals surface area contributed by atoms with Crippen molar-refractivity contribution in [3.05, 3.63) is 22.7 Å². The molecule has 13 heavy (non-hydrogen) atoms. The molecule has 0 saturated carbocycles. The number of methoxy groups -OCH3 is 2. The van der Waals surface area contributed by atoms with E-state index in [1.165, 1.54) is 0 Å². The average Bonchev–Trinajstić information content (AvgIpc) is 2.17. The predicted molar refractivity (Wildman–Crippen MR) is 52.4 cm³/mol. The molecule has 1 aromatic rings. The lowest BCUT2D eigenvalue weighted by Crippen LogP contribution is -2.00. The van der Waals surface area contributed by atoms with Gasteiger partial charge in [-0.1, -0.05) is 11.6 Å². The van der Waals surface area contributed by atoms with Gasteiger partial charge in [0.2, 0.25) is 0 Å². The lowest BCUT2D eigenvalue weighted by atomic mass is 10.2. The van der Waals surface area contributed by atoms with Gasteiger partial charge in [0.15, 0.2) is 0 Å². The van der Waals surface area contributed by atoms with Gasteiger partial charge in [0.25, 0.3) is 0 Å². The van der Waals surface area contributed by atoms with Crippen LogP contribution in [0.4, 0.5) is 0 Å². The van der Waals surface area contributed by atoms with E-state index >= 15 is 0 Å². The lowest BCUT2D eigenvalue weighted by Gasteiger charge is -2.10. The maximum Gasteiger partial charge on any atom is 0.138 e. The van der Waals surface area contributed by atoms with Crippen molar-refractivity contribution in [3.8, 4) is 11.5 Å². The zero-order valence-electron chi connectivity index (χ0n) is 7.63. The van der Waals surface area contributed by atoms with Crippen LogP contribution in [0.5, 0.6) is 11.5 Å². The average molecular weight is 202 g/mol. The first-order valence-electron chi connectivity index (χ1n) is 3.83. The molecule has 0 amide bonds. The molecule has 3 nitrogen and oxygen atoms in total. The van der Waals surface area contributed by atoms with Crippen molar-refractivity contribution in [2.75, 3.05) is 14.2 Å². The quantitative estimate of drug-likeness (QED) is 0.812. The van der Waals surface area contributed by atoms with Crippen LogP contribution < -0.4 is 15.2 Å². The zero-order chi connectivity index (χ0) is 9.84. The third-order valence-electron chi connectivity index (χ3n) is 1.77. The van der Waals surface area contributed by atoms with E-state index in [9.17, 15) is 0 Å². The Kier molecular flexibility index (Phi) is 3.39. The Morgan fingerprint density at radius 3 is 2.31 bits per heavy atom. The highest BCUT2D eigenvalue weighted by Gasteiger charge is 2.07. The van der Waals surface area contributed by atoms with Gasteiger partial charge in [-0.3, -0.25) is 0 Å². The van der Waals surface area contributed by atoms with Crippen molar-refractivity contribution in [2.45, 2.75) is 6.54 Å². The fourth-order valence-corrected chi connectivity index (χ4v) is 1.31. The Morgan fingerprint density at radius 1 is 1.23 bits per heavy atom. The van der Waals surface area contributed by atoms with E-state index in [1.807, 2.05) is 0 Å². The number of hydrogen-bond donors (Lipinski definition) is 1. The molecule has 4 heteroatoms. The van der Waals surface area contributed by atoms with Gasteiger partial charge in [-0.25, -0.2) is 0 Å². The number of benzene rings is 1. The van der Waals surface area contributed by atoms with Crippen molar-refractivity contribution in [1.29, 1.82) is 0 Å². The Hall–Kier alpha value is -0.930. The minimum atomic E-state index is 0.400. The van der Waals surface area contributed by atoms with Crippen LogP contribution in [0.2, 0.25) is 5.02 Å². The predicted octanol–water partition coefficient (Wildman–Crippen LogP) is 1.82. The maximum absolute atomic E-state index is 5.89. The standard InChI is InChI=1S/C9H12ClNO2/c1-12-8-4-7(10)9(13-2)3-6(8)5-11/h3-4H,5,11H2,1-2H3. The van der Waals surface area contributed by atoms with Gasteiger partial charge in [-0.05, 0) is 6.07 Å². The van der Waals surface area contributed by atoms with Gasteiger partial charge < -0.3 is 15.2 Å². The molecular weight excluding hydrogens is 190 g/mol. The van der Waals surface area contributed by atoms with Gasteiger partial charge in [0.1, 0.15) is 11.5 Å². The number of nitrogens with two attached hydrogens (primary N) is 1. The number of ether oxygens (including phenoxy) is 2. The Balaban J connectivity index is 3.18. The summed E-state index contributed by atoms with van der Waals surface area (Å²) in [5.74, 6) is 1.30. The van der Waals surface area contributed by atoms with E-state index in [0.29, 0.717) is 23.1 Å². The second-order valence-corrected chi connectivity index (χ2v) is 2.91. The molecule has 0 spiro atoms. The molecule has 0 aliphatic rings. The molecule has 0 saturated heterocycles. The number of hydrogen-bond acceptors (Lipinski definition) is 3. The molecule has 0 fully saturated rings. The molecule has 0 unspecified atom stereocenters. The van der Waals surface area contributed by atoms with E-state index in [0.717, 1.165) is 5.56 Å². The summed E-state index contributed by atoms with van der Waals surface area (Å²) in [6.07, 6.45) is 0. The molecule has 1 rings (SSSR count). The summed E-state index contributed by atoms with van der Waals surface area (Å²) in [6, 6.07) is 3.48. The molecule has 0 heterocycles. The molecule has 0 aromatic heterocycles. The third kappa shape index (κ3) is 2.05. The molecule has 1 aromatic carbocycles. The molecular formula is C9H12ClNO2. The lowest BCUT2D eigenvalue weighted by molar-refractivity contribution is 0.399. The largest absolute Gasteiger partial charge is 0.496 e. The number of rotatable bonds is 3. The van der Waals surface area contributed by atoms with Crippen LogP contribution in [0, 0.1) is 0 Å². The van der Waals surface area contributed by atoms with Crippen molar-refractivity contribution in [1.82, 2.24) is 0 Å². The second-order valence-electron chi connectivity index (χ2n) is 2.50. The molecule has 0 bridgehead atoms. The van der Waals surface area contributed by atoms with Crippen LogP contribution in [-0.4, -0.2) is 14.2 Å². The highest BCUT2D eigenvalue weighted by molar-refractivity contribution is 6.32. The molecule has 0 aliphatic carbocycles. The summed E-state index contributed by atoms with van der Waals surface area (Å²) in [4.78, 5) is 0. The smallest absolute Gasteiger partial charge is 0.138 e. The highest BCUT2D eigenvalue weighted by atomic mass is 35.5. The van der Waals surface area contributed by atoms with Gasteiger partial charge in [0, 0.05) is 18.2 Å². The Morgan fingerprint density at radius 2 is 1.85 bits per heavy atom. The first-order chi connectivity index (χ1) is 6.22. The van der Waals surface area contributed by atoms with Gasteiger partial charge in [-0.2, -0.15) is 0 Å². The first kappa shape index (κ1) is 10.2. The van der Waals surface area contributed by atoms with E-state index < -0.39 is 0 Å². The normalized spacial score (nSPS) is 9.85. The van der Waals surface area contributed by atoms with E-state index in [-0.39, 0.29) is 0 Å². The van der Waals surface area contributed by atoms with Gasteiger partial charge in [0.05, 0.1) is 19.2 Å². The molecule has 0 atom stereocenters. The van der Waals surface area contributed by atoms with Crippen LogP contribution in [-0.2, 0) is 6.54 Å². The van der Waals surface area contributed by atoms with Crippen LogP contribution >= 0.6 is 11.6 Å². The number of halogens is 1. The second kappa shape index (κ2) is 4.35. The SMILES string of the molecule is COc1cc(CN)c(OC)cc1Cl. The van der Waals surface area contributed by atoms with Crippen LogP contribution in [0.1, 0.15) is 5.56 Å². The molecule has 0 aliphatic heterocycles. The Bertz CT molecular complexity index is 302. The fourth-order valence-electron chi connectivity index (χ4n) is 1.08. The molecule has 2 N–H and O–H groups in total. The van der Waals surface area contributed by atoms with Crippen molar-refractivity contribution in [2.24, 2.45) is 5.73 Å². The minimum absolute atomic E-state index is 0.400. The van der Waals surface area contributed by atoms with Crippen molar-refractivity contribution >= 4 is 11.6 Å². The van der Waals surface area contributed by atoms with E-state index in [2.05, 4.69) is 0 Å². The molecule has 72 valence electrons. The van der Waals surface area contributed by atoms with Crippen molar-refractivity contribution < 1.29 is 9.47 Å². The Labute approximate surface area is 82.4 Å². The van der Waals surface area contributed by atoms with Gasteiger partial charge in [-0.15, -0.1) is 0 Å². The van der Waals surface area contributed by atoms with E-state index in [1.54, 1.807) is 26.4 Å². The minimum Gasteiger partial charge on any atom is -0.496 e. The first-order valence-corrected chi connectivity index (χ1v) is 4.21. The third-order valence-corrected chi connectivity index (χ3v) is 2.07. The fraction of sp³-hybridized carbons (Fsp3) is 0.333. The summed E-state index contributed by atoms with van der Waals surface area (Å²) in [7, 11) is 3.14. The highest BCUT2D eigenvalue weighted by Crippen LogP contribution is 2.31. The van der Waals surface area contributed by atoms with Crippen LogP contribution in [0.3, 0.4) is 0 Å². The summed E-state index contributed by atoms with van der Waals surface area (Å²) in [5, 5.41) is 0.525. The summed E-state index contributed by atoms with van der Waals surface area (Å²) in [5.41, 5.74) is 6.40. The van der Waals surface area contributed by atoms with Crippen LogP contribution in [0.25, 0.3) is 0 Å². The summed E-state index contributed by atoms with van der Waals surface area (Å²) >= 11 is 5.89. The van der Waals surface area contributed by atoms with Crippen LogP contribution in [0.15, 0.2) is 12.1 Å². The summed E-state index contributed by atoms with van der Waals surface area (Å²) < 4.78 is 10.1. The molecule has 0 radical (unpaired) electrons. The van der Waals surface area contributed by atoms with Crippen molar-refractivity contribution in [3.63, 3.8) is 0 Å². The topological polar surface area (TPSA) is 44.5 Å². The monoisotopic (exact) mass is 201 g/mol. The van der Waals surface area contributed by atoms with Gasteiger partial charge >= 0.3 is 0 Å². The van der Waals surface area contributed by atoms with E-state index in [4.69, 9.17) is 26.8 Å². The summed E-state index contributed by atoms with van der Waals surface area (Å²) in [6.45, 7) is 0.400. The maximum atomic E-state index is 5.89.